The predicted octanol–water partition coefficient (Wildman–Crippen LogP) is 1.10. The standard InChI is InChI=1S/C17H17N5O2/c23-14-8-12(7-13-16(14)20-10-21-17(13)24)11-1-2-19-15(9-11)22-5-3-18-4-6-22/h1-2,7-10,18,23H,3-6H2,(H,20,21,24). The largest absolute Gasteiger partial charge is 0.506 e. The smallest absolute Gasteiger partial charge is 0.258 e. The van der Waals surface area contributed by atoms with Gasteiger partial charge in [0.15, 0.2) is 0 Å². The average Bonchev–Trinajstić information content (AvgIpc) is 2.63. The van der Waals surface area contributed by atoms with Crippen LogP contribution in [0.5, 0.6) is 5.75 Å². The van der Waals surface area contributed by atoms with E-state index in [0.29, 0.717) is 10.9 Å². The van der Waals surface area contributed by atoms with E-state index < -0.39 is 0 Å². The van der Waals surface area contributed by atoms with E-state index >= 15 is 0 Å². The number of benzene rings is 1. The third-order valence-electron chi connectivity index (χ3n) is 4.24. The lowest BCUT2D eigenvalue weighted by atomic mass is 10.0. The van der Waals surface area contributed by atoms with E-state index in [9.17, 15) is 9.90 Å². The summed E-state index contributed by atoms with van der Waals surface area (Å²) in [5.74, 6) is 0.891. The molecule has 1 fully saturated rings. The van der Waals surface area contributed by atoms with Crippen molar-refractivity contribution in [3.63, 3.8) is 0 Å². The molecule has 0 radical (unpaired) electrons. The van der Waals surface area contributed by atoms with E-state index in [2.05, 4.69) is 25.2 Å². The van der Waals surface area contributed by atoms with Gasteiger partial charge in [0.1, 0.15) is 17.1 Å². The molecule has 7 heteroatoms. The summed E-state index contributed by atoms with van der Waals surface area (Å²) in [6, 6.07) is 7.23. The maximum absolute atomic E-state index is 12.0. The van der Waals surface area contributed by atoms with Crippen LogP contribution in [0.4, 0.5) is 5.82 Å². The van der Waals surface area contributed by atoms with Crippen LogP contribution in [0.2, 0.25) is 0 Å². The highest BCUT2D eigenvalue weighted by molar-refractivity contribution is 5.89. The molecule has 1 aliphatic rings. The molecule has 3 N–H and O–H groups in total. The van der Waals surface area contributed by atoms with Gasteiger partial charge in [-0.15, -0.1) is 0 Å². The van der Waals surface area contributed by atoms with E-state index in [1.54, 1.807) is 18.3 Å². The third-order valence-corrected chi connectivity index (χ3v) is 4.24. The molecule has 0 spiro atoms. The highest BCUT2D eigenvalue weighted by Gasteiger charge is 2.13. The molecule has 0 unspecified atom stereocenters. The summed E-state index contributed by atoms with van der Waals surface area (Å²) in [4.78, 5) is 25.2. The van der Waals surface area contributed by atoms with Gasteiger partial charge in [0.25, 0.3) is 5.56 Å². The number of anilines is 1. The van der Waals surface area contributed by atoms with Gasteiger partial charge in [-0.1, -0.05) is 0 Å². The fourth-order valence-electron chi connectivity index (χ4n) is 2.99. The van der Waals surface area contributed by atoms with Crippen LogP contribution in [0.1, 0.15) is 0 Å². The number of H-pyrrole nitrogens is 1. The molecule has 3 heterocycles. The van der Waals surface area contributed by atoms with Crippen molar-refractivity contribution < 1.29 is 5.11 Å². The number of rotatable bonds is 2. The Bertz CT molecular complexity index is 947. The van der Waals surface area contributed by atoms with Gasteiger partial charge < -0.3 is 20.3 Å². The molecule has 0 atom stereocenters. The van der Waals surface area contributed by atoms with Crippen LogP contribution in [-0.4, -0.2) is 46.2 Å². The molecule has 0 saturated carbocycles. The predicted molar refractivity (Wildman–Crippen MR) is 92.3 cm³/mol. The summed E-state index contributed by atoms with van der Waals surface area (Å²) in [7, 11) is 0. The van der Waals surface area contributed by atoms with E-state index in [4.69, 9.17) is 0 Å². The fourth-order valence-corrected chi connectivity index (χ4v) is 2.99. The second-order valence-corrected chi connectivity index (χ2v) is 5.76. The van der Waals surface area contributed by atoms with Gasteiger partial charge >= 0.3 is 0 Å². The number of hydrogen-bond acceptors (Lipinski definition) is 6. The maximum Gasteiger partial charge on any atom is 0.258 e. The zero-order valence-corrected chi connectivity index (χ0v) is 13.0. The number of piperazine rings is 1. The summed E-state index contributed by atoms with van der Waals surface area (Å²) in [5.41, 5.74) is 1.70. The number of fused-ring (bicyclic) bond motifs is 1. The number of phenols is 1. The summed E-state index contributed by atoms with van der Waals surface area (Å²) < 4.78 is 0. The molecule has 0 aliphatic carbocycles. The summed E-state index contributed by atoms with van der Waals surface area (Å²) >= 11 is 0. The van der Waals surface area contributed by atoms with Gasteiger partial charge in [0.2, 0.25) is 0 Å². The topological polar surface area (TPSA) is 94.1 Å². The second-order valence-electron chi connectivity index (χ2n) is 5.76. The normalized spacial score (nSPS) is 14.9. The van der Waals surface area contributed by atoms with E-state index in [1.165, 1.54) is 6.33 Å². The zero-order chi connectivity index (χ0) is 16.5. The molecule has 24 heavy (non-hydrogen) atoms. The van der Waals surface area contributed by atoms with Gasteiger partial charge in [-0.05, 0) is 35.4 Å². The first-order valence-electron chi connectivity index (χ1n) is 7.85. The van der Waals surface area contributed by atoms with Crippen LogP contribution in [-0.2, 0) is 0 Å². The van der Waals surface area contributed by atoms with Gasteiger partial charge in [0.05, 0.1) is 11.7 Å². The number of aromatic hydroxyl groups is 1. The van der Waals surface area contributed by atoms with Crippen molar-refractivity contribution >= 4 is 16.7 Å². The first-order chi connectivity index (χ1) is 11.7. The van der Waals surface area contributed by atoms with Crippen molar-refractivity contribution in [1.29, 1.82) is 0 Å². The Kier molecular flexibility index (Phi) is 3.62. The summed E-state index contributed by atoms with van der Waals surface area (Å²) in [6.45, 7) is 3.68. The minimum Gasteiger partial charge on any atom is -0.506 e. The molecule has 122 valence electrons. The first kappa shape index (κ1) is 14.6. The monoisotopic (exact) mass is 323 g/mol. The lowest BCUT2D eigenvalue weighted by Gasteiger charge is -2.28. The molecule has 1 aromatic carbocycles. The van der Waals surface area contributed by atoms with E-state index in [-0.39, 0.29) is 11.3 Å². The van der Waals surface area contributed by atoms with E-state index in [1.807, 2.05) is 12.1 Å². The molecule has 2 aromatic heterocycles. The van der Waals surface area contributed by atoms with Crippen LogP contribution in [0, 0.1) is 0 Å². The molecular weight excluding hydrogens is 306 g/mol. The third kappa shape index (κ3) is 2.59. The number of phenolic OH excluding ortho intramolecular Hbond substituents is 1. The van der Waals surface area contributed by atoms with Gasteiger partial charge in [-0.3, -0.25) is 4.79 Å². The molecule has 0 bridgehead atoms. The van der Waals surface area contributed by atoms with Gasteiger partial charge in [-0.25, -0.2) is 9.97 Å². The first-order valence-corrected chi connectivity index (χ1v) is 7.85. The Balaban J connectivity index is 1.80. The summed E-state index contributed by atoms with van der Waals surface area (Å²) in [6.07, 6.45) is 3.04. The van der Waals surface area contributed by atoms with Crippen LogP contribution in [0.15, 0.2) is 41.6 Å². The Morgan fingerprint density at radius 2 is 1.92 bits per heavy atom. The lowest BCUT2D eigenvalue weighted by molar-refractivity contribution is 0.480. The number of nitrogens with one attached hydrogen (secondary N) is 2. The van der Waals surface area contributed by atoms with Crippen molar-refractivity contribution in [2.75, 3.05) is 31.1 Å². The average molecular weight is 323 g/mol. The van der Waals surface area contributed by atoms with Crippen molar-refractivity contribution in [2.45, 2.75) is 0 Å². The lowest BCUT2D eigenvalue weighted by Crippen LogP contribution is -2.43. The molecule has 0 amide bonds. The van der Waals surface area contributed by atoms with Crippen LogP contribution >= 0.6 is 0 Å². The number of nitrogens with zero attached hydrogens (tertiary/aromatic N) is 3. The number of hydrogen-bond donors (Lipinski definition) is 3. The highest BCUT2D eigenvalue weighted by atomic mass is 16.3. The summed E-state index contributed by atoms with van der Waals surface area (Å²) in [5, 5.41) is 13.9. The molecule has 4 rings (SSSR count). The van der Waals surface area contributed by atoms with Gasteiger partial charge in [-0.2, -0.15) is 0 Å². The zero-order valence-electron chi connectivity index (χ0n) is 13.0. The Labute approximate surface area is 138 Å². The Morgan fingerprint density at radius 1 is 1.08 bits per heavy atom. The fraction of sp³-hybridized carbons (Fsp3) is 0.235. The van der Waals surface area contributed by atoms with Crippen LogP contribution < -0.4 is 15.8 Å². The van der Waals surface area contributed by atoms with Crippen molar-refractivity contribution in [3.05, 3.63) is 47.1 Å². The number of aromatic nitrogens is 3. The Hall–Kier alpha value is -2.93. The van der Waals surface area contributed by atoms with Crippen molar-refractivity contribution in [2.24, 2.45) is 0 Å². The second kappa shape index (κ2) is 5.93. The van der Waals surface area contributed by atoms with Crippen molar-refractivity contribution in [1.82, 2.24) is 20.3 Å². The van der Waals surface area contributed by atoms with Crippen molar-refractivity contribution in [3.8, 4) is 16.9 Å². The van der Waals surface area contributed by atoms with Gasteiger partial charge in [0, 0.05) is 32.4 Å². The molecular formula is C17H17N5O2. The minimum atomic E-state index is -0.270. The van der Waals surface area contributed by atoms with Crippen LogP contribution in [0.25, 0.3) is 22.0 Å². The highest BCUT2D eigenvalue weighted by Crippen LogP contribution is 2.30. The Morgan fingerprint density at radius 3 is 2.75 bits per heavy atom. The molecule has 7 nitrogen and oxygen atoms in total. The SMILES string of the molecule is O=c1[nH]cnc2c(O)cc(-c3ccnc(N4CCNCC4)c3)cc12. The maximum atomic E-state index is 12.0. The number of pyridine rings is 1. The molecule has 1 aliphatic heterocycles. The molecule has 1 saturated heterocycles. The quantitative estimate of drug-likeness (QED) is 0.654. The molecule has 3 aromatic rings. The van der Waals surface area contributed by atoms with E-state index in [0.717, 1.165) is 43.1 Å². The minimum absolute atomic E-state index is 0.00543. The van der Waals surface area contributed by atoms with Crippen LogP contribution in [0.3, 0.4) is 0 Å². The number of aromatic amines is 1.